The van der Waals surface area contributed by atoms with Crippen LogP contribution in [0.2, 0.25) is 0 Å². The molecule has 0 aliphatic rings. The van der Waals surface area contributed by atoms with E-state index >= 15 is 0 Å². The molecule has 0 atom stereocenters. The molecule has 2 heterocycles. The van der Waals surface area contributed by atoms with Gasteiger partial charge in [-0.15, -0.1) is 0 Å². The summed E-state index contributed by atoms with van der Waals surface area (Å²) < 4.78 is 14.1. The first-order valence-corrected chi connectivity index (χ1v) is 4.28. The third-order valence-electron chi connectivity index (χ3n) is 1.62. The quantitative estimate of drug-likeness (QED) is 0.644. The van der Waals surface area contributed by atoms with Gasteiger partial charge in [-0.3, -0.25) is 4.68 Å². The van der Waals surface area contributed by atoms with Crippen molar-refractivity contribution >= 4 is 0 Å². The Morgan fingerprint density at radius 1 is 1.33 bits per heavy atom. The highest BCUT2D eigenvalue weighted by molar-refractivity contribution is 5.19. The molecule has 0 amide bonds. The molecule has 0 unspecified atom stereocenters. The minimum Gasteiger partial charge on any atom is -0.261 e. The van der Waals surface area contributed by atoms with Gasteiger partial charge in [-0.2, -0.15) is 5.10 Å². The predicted molar refractivity (Wildman–Crippen MR) is 51.1 cm³/mol. The molecule has 0 N–H and O–H groups in total. The van der Waals surface area contributed by atoms with Gasteiger partial charge < -0.3 is 0 Å². The van der Waals surface area contributed by atoms with Crippen molar-refractivity contribution in [2.45, 2.75) is 6.54 Å². The zero-order valence-electron chi connectivity index (χ0n) is 7.76. The first-order valence-electron chi connectivity index (χ1n) is 4.28. The Balaban J connectivity index is 2.03. The number of aromatic nitrogens is 4. The summed E-state index contributed by atoms with van der Waals surface area (Å²) in [5.41, 5.74) is 0. The highest BCUT2D eigenvalue weighted by Crippen LogP contribution is 1.91. The van der Waals surface area contributed by atoms with E-state index < -0.39 is 5.82 Å². The lowest BCUT2D eigenvalue weighted by Crippen LogP contribution is -1.95. The molecular weight excluding hydrogens is 195 g/mol. The summed E-state index contributed by atoms with van der Waals surface area (Å²) in [5, 5.41) is 3.97. The van der Waals surface area contributed by atoms with Crippen LogP contribution in [-0.2, 0) is 6.54 Å². The molecule has 2 aromatic heterocycles. The van der Waals surface area contributed by atoms with Crippen LogP contribution in [0.15, 0.2) is 30.9 Å². The van der Waals surface area contributed by atoms with Gasteiger partial charge in [-0.1, -0.05) is 5.92 Å². The van der Waals surface area contributed by atoms with Crippen LogP contribution in [0.1, 0.15) is 5.82 Å². The second-order valence-electron chi connectivity index (χ2n) is 2.73. The molecule has 0 aromatic carbocycles. The van der Waals surface area contributed by atoms with Gasteiger partial charge in [-0.25, -0.2) is 14.4 Å². The van der Waals surface area contributed by atoms with Crippen LogP contribution in [0, 0.1) is 17.7 Å². The van der Waals surface area contributed by atoms with Gasteiger partial charge in [0.05, 0.1) is 12.4 Å². The molecule has 0 spiro atoms. The normalized spacial score (nSPS) is 9.40. The van der Waals surface area contributed by atoms with Crippen molar-refractivity contribution in [3.63, 3.8) is 0 Å². The van der Waals surface area contributed by atoms with Crippen LogP contribution in [0.25, 0.3) is 0 Å². The summed E-state index contributed by atoms with van der Waals surface area (Å²) in [6, 6.07) is 1.82. The molecule has 0 saturated heterocycles. The van der Waals surface area contributed by atoms with Crippen LogP contribution in [0.3, 0.4) is 0 Å². The van der Waals surface area contributed by atoms with E-state index in [1.165, 1.54) is 0 Å². The van der Waals surface area contributed by atoms with E-state index in [-0.39, 0.29) is 0 Å². The SMILES string of the molecule is Fc1cnc(C#CCn2cccn2)nc1. The summed E-state index contributed by atoms with van der Waals surface area (Å²) in [6.45, 7) is 0.466. The van der Waals surface area contributed by atoms with Gasteiger partial charge in [0, 0.05) is 12.4 Å². The number of halogens is 1. The third kappa shape index (κ3) is 2.61. The van der Waals surface area contributed by atoms with Crippen LogP contribution in [0.5, 0.6) is 0 Å². The fourth-order valence-electron chi connectivity index (χ4n) is 0.970. The molecular formula is C10H7FN4. The fraction of sp³-hybridized carbons (Fsp3) is 0.100. The van der Waals surface area contributed by atoms with Gasteiger partial charge in [0.1, 0.15) is 6.54 Å². The van der Waals surface area contributed by atoms with Gasteiger partial charge in [0.25, 0.3) is 0 Å². The highest BCUT2D eigenvalue weighted by atomic mass is 19.1. The van der Waals surface area contributed by atoms with Crippen molar-refractivity contribution in [3.8, 4) is 11.8 Å². The Labute approximate surface area is 85.8 Å². The second kappa shape index (κ2) is 4.33. The maximum Gasteiger partial charge on any atom is 0.205 e. The average molecular weight is 202 g/mol. The van der Waals surface area contributed by atoms with Crippen molar-refractivity contribution in [2.75, 3.05) is 0 Å². The zero-order valence-corrected chi connectivity index (χ0v) is 7.76. The lowest BCUT2D eigenvalue weighted by atomic mass is 10.5. The smallest absolute Gasteiger partial charge is 0.205 e. The first kappa shape index (κ1) is 9.34. The van der Waals surface area contributed by atoms with E-state index in [0.717, 1.165) is 12.4 Å². The number of nitrogens with zero attached hydrogens (tertiary/aromatic N) is 4. The second-order valence-corrected chi connectivity index (χ2v) is 2.73. The predicted octanol–water partition coefficient (Wildman–Crippen LogP) is 0.864. The van der Waals surface area contributed by atoms with Crippen LogP contribution < -0.4 is 0 Å². The summed E-state index contributed by atoms with van der Waals surface area (Å²) in [6.07, 6.45) is 5.66. The largest absolute Gasteiger partial charge is 0.261 e. The molecule has 2 rings (SSSR count). The van der Waals surface area contributed by atoms with E-state index in [1.54, 1.807) is 17.1 Å². The summed E-state index contributed by atoms with van der Waals surface area (Å²) in [4.78, 5) is 7.42. The number of hydrogen-bond acceptors (Lipinski definition) is 3. The first-order chi connectivity index (χ1) is 7.34. The molecule has 0 aliphatic carbocycles. The van der Waals surface area contributed by atoms with E-state index in [9.17, 15) is 4.39 Å². The average Bonchev–Trinajstić information content (AvgIpc) is 2.74. The van der Waals surface area contributed by atoms with E-state index in [0.29, 0.717) is 12.4 Å². The molecule has 15 heavy (non-hydrogen) atoms. The Morgan fingerprint density at radius 2 is 2.13 bits per heavy atom. The Morgan fingerprint density at radius 3 is 2.80 bits per heavy atom. The van der Waals surface area contributed by atoms with Crippen LogP contribution in [0.4, 0.5) is 4.39 Å². The topological polar surface area (TPSA) is 43.6 Å². The molecule has 0 fully saturated rings. The molecule has 2 aromatic rings. The van der Waals surface area contributed by atoms with Crippen molar-refractivity contribution < 1.29 is 4.39 Å². The van der Waals surface area contributed by atoms with Crippen molar-refractivity contribution in [3.05, 3.63) is 42.5 Å². The zero-order chi connectivity index (χ0) is 10.5. The Hall–Kier alpha value is -2.22. The van der Waals surface area contributed by atoms with E-state index in [2.05, 4.69) is 26.9 Å². The van der Waals surface area contributed by atoms with Crippen molar-refractivity contribution in [2.24, 2.45) is 0 Å². The lowest BCUT2D eigenvalue weighted by Gasteiger charge is -1.90. The molecule has 4 nitrogen and oxygen atoms in total. The Kier molecular flexibility index (Phi) is 2.70. The third-order valence-corrected chi connectivity index (χ3v) is 1.62. The molecule has 5 heteroatoms. The van der Waals surface area contributed by atoms with E-state index in [1.807, 2.05) is 6.07 Å². The number of rotatable bonds is 1. The minimum absolute atomic E-state index is 0.309. The molecule has 0 bridgehead atoms. The van der Waals surface area contributed by atoms with Gasteiger partial charge in [0.2, 0.25) is 5.82 Å². The van der Waals surface area contributed by atoms with Crippen molar-refractivity contribution in [1.29, 1.82) is 0 Å². The van der Waals surface area contributed by atoms with Crippen molar-refractivity contribution in [1.82, 2.24) is 19.7 Å². The van der Waals surface area contributed by atoms with Gasteiger partial charge >= 0.3 is 0 Å². The van der Waals surface area contributed by atoms with Gasteiger partial charge in [0.15, 0.2) is 5.82 Å². The molecule has 74 valence electrons. The summed E-state index contributed by atoms with van der Waals surface area (Å²) in [5.74, 6) is 5.38. The molecule has 0 saturated carbocycles. The monoisotopic (exact) mass is 202 g/mol. The van der Waals surface area contributed by atoms with Gasteiger partial charge in [-0.05, 0) is 12.0 Å². The van der Waals surface area contributed by atoms with Crippen LogP contribution >= 0.6 is 0 Å². The maximum atomic E-state index is 12.4. The molecule has 0 aliphatic heterocycles. The Bertz CT molecular complexity index is 478. The van der Waals surface area contributed by atoms with Crippen LogP contribution in [-0.4, -0.2) is 19.7 Å². The molecule has 0 radical (unpaired) electrons. The summed E-state index contributed by atoms with van der Waals surface area (Å²) in [7, 11) is 0. The number of hydrogen-bond donors (Lipinski definition) is 0. The maximum absolute atomic E-state index is 12.4. The lowest BCUT2D eigenvalue weighted by molar-refractivity contribution is 0.612. The minimum atomic E-state index is -0.465. The summed E-state index contributed by atoms with van der Waals surface area (Å²) >= 11 is 0. The fourth-order valence-corrected chi connectivity index (χ4v) is 0.970. The highest BCUT2D eigenvalue weighted by Gasteiger charge is 1.91. The van der Waals surface area contributed by atoms with E-state index in [4.69, 9.17) is 0 Å². The standard InChI is InChI=1S/C10H7FN4/c11-9-7-12-10(13-8-9)3-1-5-15-6-2-4-14-15/h2,4,6-8H,5H2.